The highest BCUT2D eigenvalue weighted by Crippen LogP contribution is 2.30. The Morgan fingerprint density at radius 1 is 1.27 bits per heavy atom. The number of benzene rings is 1. The molecule has 0 saturated heterocycles. The molecule has 3 aromatic rings. The summed E-state index contributed by atoms with van der Waals surface area (Å²) < 4.78 is 11.6. The number of nitrogens with zero attached hydrogens (tertiary/aromatic N) is 2. The Hall–Kier alpha value is -2.51. The maximum absolute atomic E-state index is 12.8. The van der Waals surface area contributed by atoms with Crippen molar-refractivity contribution < 1.29 is 14.3 Å². The highest BCUT2D eigenvalue weighted by molar-refractivity contribution is 7.21. The van der Waals surface area contributed by atoms with E-state index in [1.165, 1.54) is 22.2 Å². The Labute approximate surface area is 155 Å². The van der Waals surface area contributed by atoms with E-state index in [-0.39, 0.29) is 12.2 Å². The van der Waals surface area contributed by atoms with Crippen LogP contribution in [0.4, 0.5) is 0 Å². The number of carbonyl (C=O) groups excluding carboxylic acids is 1. The van der Waals surface area contributed by atoms with Crippen LogP contribution in [0.25, 0.3) is 20.7 Å². The van der Waals surface area contributed by atoms with E-state index in [4.69, 9.17) is 9.47 Å². The second-order valence-electron chi connectivity index (χ2n) is 5.69. The smallest absolute Gasteiger partial charge is 0.329 e. The van der Waals surface area contributed by atoms with Gasteiger partial charge in [0.05, 0.1) is 18.3 Å². The van der Waals surface area contributed by atoms with Gasteiger partial charge in [-0.3, -0.25) is 9.36 Å². The summed E-state index contributed by atoms with van der Waals surface area (Å²) in [5.74, 6) is -0.480. The first-order valence-electron chi connectivity index (χ1n) is 8.42. The molecule has 0 saturated carbocycles. The molecule has 1 aromatic carbocycles. The summed E-state index contributed by atoms with van der Waals surface area (Å²) >= 11 is 1.46. The minimum absolute atomic E-state index is 0.165. The molecule has 0 bridgehead atoms. The summed E-state index contributed by atoms with van der Waals surface area (Å²) in [6.07, 6.45) is 1.41. The first-order valence-corrected chi connectivity index (χ1v) is 9.24. The topological polar surface area (TPSA) is 70.4 Å². The molecule has 2 heterocycles. The standard InChI is InChI=1S/C19H20N2O4S/c1-3-24-9-10-25-19(23)13(2)21-12-20-17-15(18(21)22)11-16(26-17)14-7-5-4-6-8-14/h4-8,11-13H,3,9-10H2,1-2H3/t13-/m0/s1. The van der Waals surface area contributed by atoms with Gasteiger partial charge in [0.25, 0.3) is 5.56 Å². The van der Waals surface area contributed by atoms with Gasteiger partial charge in [0.15, 0.2) is 0 Å². The zero-order valence-corrected chi connectivity index (χ0v) is 15.5. The van der Waals surface area contributed by atoms with Crippen molar-refractivity contribution in [2.24, 2.45) is 0 Å². The molecule has 136 valence electrons. The van der Waals surface area contributed by atoms with Crippen LogP contribution in [0.5, 0.6) is 0 Å². The van der Waals surface area contributed by atoms with E-state index in [0.717, 1.165) is 10.4 Å². The summed E-state index contributed by atoms with van der Waals surface area (Å²) in [6, 6.07) is 10.9. The van der Waals surface area contributed by atoms with Gasteiger partial charge in [-0.15, -0.1) is 11.3 Å². The molecule has 0 aliphatic carbocycles. The summed E-state index contributed by atoms with van der Waals surface area (Å²) in [6.45, 7) is 4.57. The fraction of sp³-hybridized carbons (Fsp3) is 0.316. The number of hydrogen-bond donors (Lipinski definition) is 0. The van der Waals surface area contributed by atoms with Gasteiger partial charge in [-0.1, -0.05) is 30.3 Å². The molecule has 0 spiro atoms. The number of esters is 1. The van der Waals surface area contributed by atoms with Crippen molar-refractivity contribution >= 4 is 27.5 Å². The molecule has 0 radical (unpaired) electrons. The average Bonchev–Trinajstić information content (AvgIpc) is 3.11. The maximum atomic E-state index is 12.8. The molecule has 3 rings (SSSR count). The van der Waals surface area contributed by atoms with Crippen LogP contribution in [-0.4, -0.2) is 35.3 Å². The number of hydrogen-bond acceptors (Lipinski definition) is 6. The van der Waals surface area contributed by atoms with E-state index in [0.29, 0.717) is 23.4 Å². The van der Waals surface area contributed by atoms with Crippen LogP contribution in [0.2, 0.25) is 0 Å². The van der Waals surface area contributed by atoms with Crippen molar-refractivity contribution in [3.8, 4) is 10.4 Å². The van der Waals surface area contributed by atoms with Gasteiger partial charge < -0.3 is 9.47 Å². The number of thiophene rings is 1. The highest BCUT2D eigenvalue weighted by Gasteiger charge is 2.20. The summed E-state index contributed by atoms with van der Waals surface area (Å²) in [5, 5.41) is 0.505. The fourth-order valence-electron chi connectivity index (χ4n) is 2.54. The molecule has 0 N–H and O–H groups in total. The van der Waals surface area contributed by atoms with Crippen LogP contribution in [0.3, 0.4) is 0 Å². The van der Waals surface area contributed by atoms with Crippen molar-refractivity contribution in [1.82, 2.24) is 9.55 Å². The monoisotopic (exact) mass is 372 g/mol. The molecule has 0 unspecified atom stereocenters. The largest absolute Gasteiger partial charge is 0.462 e. The Bertz CT molecular complexity index is 949. The van der Waals surface area contributed by atoms with Gasteiger partial charge in [-0.2, -0.15) is 0 Å². The number of aromatic nitrogens is 2. The lowest BCUT2D eigenvalue weighted by atomic mass is 10.2. The summed E-state index contributed by atoms with van der Waals surface area (Å²) in [5.41, 5.74) is 0.785. The Morgan fingerprint density at radius 2 is 2.04 bits per heavy atom. The van der Waals surface area contributed by atoms with E-state index < -0.39 is 12.0 Å². The molecule has 26 heavy (non-hydrogen) atoms. The Kier molecular flexibility index (Phi) is 5.80. The van der Waals surface area contributed by atoms with Gasteiger partial charge in [-0.05, 0) is 25.5 Å². The normalized spacial score (nSPS) is 12.2. The number of rotatable bonds is 7. The first-order chi connectivity index (χ1) is 12.6. The van der Waals surface area contributed by atoms with Gasteiger partial charge >= 0.3 is 5.97 Å². The SMILES string of the molecule is CCOCCOC(=O)[C@H](C)n1cnc2sc(-c3ccccc3)cc2c1=O. The van der Waals surface area contributed by atoms with Crippen molar-refractivity contribution in [1.29, 1.82) is 0 Å². The maximum Gasteiger partial charge on any atom is 0.329 e. The van der Waals surface area contributed by atoms with E-state index >= 15 is 0 Å². The predicted molar refractivity (Wildman–Crippen MR) is 101 cm³/mol. The predicted octanol–water partition coefficient (Wildman–Crippen LogP) is 3.27. The molecular weight excluding hydrogens is 352 g/mol. The lowest BCUT2D eigenvalue weighted by Crippen LogP contribution is -2.29. The van der Waals surface area contributed by atoms with Crippen molar-refractivity contribution in [3.05, 3.63) is 53.1 Å². The van der Waals surface area contributed by atoms with Gasteiger partial charge in [0.1, 0.15) is 17.5 Å². The van der Waals surface area contributed by atoms with Gasteiger partial charge in [0.2, 0.25) is 0 Å². The van der Waals surface area contributed by atoms with Crippen molar-refractivity contribution in [2.75, 3.05) is 19.8 Å². The molecule has 6 nitrogen and oxygen atoms in total. The Balaban J connectivity index is 1.85. The Morgan fingerprint density at radius 3 is 2.77 bits per heavy atom. The summed E-state index contributed by atoms with van der Waals surface area (Å²) in [7, 11) is 0. The highest BCUT2D eigenvalue weighted by atomic mass is 32.1. The first kappa shape index (κ1) is 18.3. The number of ether oxygens (including phenoxy) is 2. The van der Waals surface area contributed by atoms with Gasteiger partial charge in [-0.25, -0.2) is 9.78 Å². The van der Waals surface area contributed by atoms with Crippen LogP contribution in [0.1, 0.15) is 19.9 Å². The molecule has 0 aliphatic heterocycles. The van der Waals surface area contributed by atoms with Crippen LogP contribution in [0.15, 0.2) is 47.5 Å². The number of carbonyl (C=O) groups is 1. The molecule has 2 aromatic heterocycles. The van der Waals surface area contributed by atoms with Crippen molar-refractivity contribution in [2.45, 2.75) is 19.9 Å². The second-order valence-corrected chi connectivity index (χ2v) is 6.72. The zero-order valence-electron chi connectivity index (χ0n) is 14.7. The third-order valence-electron chi connectivity index (χ3n) is 3.97. The number of fused-ring (bicyclic) bond motifs is 1. The lowest BCUT2D eigenvalue weighted by Gasteiger charge is -2.13. The van der Waals surface area contributed by atoms with E-state index in [1.54, 1.807) is 6.92 Å². The van der Waals surface area contributed by atoms with E-state index in [9.17, 15) is 9.59 Å². The molecule has 0 aliphatic rings. The lowest BCUT2D eigenvalue weighted by molar-refractivity contribution is -0.148. The molecule has 0 amide bonds. The summed E-state index contributed by atoms with van der Waals surface area (Å²) in [4.78, 5) is 30.9. The zero-order chi connectivity index (χ0) is 18.5. The molecule has 1 atom stereocenters. The minimum Gasteiger partial charge on any atom is -0.462 e. The fourth-order valence-corrected chi connectivity index (χ4v) is 3.53. The molecular formula is C19H20N2O4S. The second kappa shape index (κ2) is 8.25. The van der Waals surface area contributed by atoms with Crippen LogP contribution >= 0.6 is 11.3 Å². The van der Waals surface area contributed by atoms with Crippen molar-refractivity contribution in [3.63, 3.8) is 0 Å². The third kappa shape index (κ3) is 3.84. The quantitative estimate of drug-likeness (QED) is 0.470. The molecule has 0 fully saturated rings. The average molecular weight is 372 g/mol. The van der Waals surface area contributed by atoms with Gasteiger partial charge in [0, 0.05) is 11.5 Å². The van der Waals surface area contributed by atoms with E-state index in [2.05, 4.69) is 4.98 Å². The third-order valence-corrected chi connectivity index (χ3v) is 5.06. The van der Waals surface area contributed by atoms with E-state index in [1.807, 2.05) is 43.3 Å². The molecule has 7 heteroatoms. The van der Waals surface area contributed by atoms with Crippen LogP contribution < -0.4 is 5.56 Å². The minimum atomic E-state index is -0.749. The van der Waals surface area contributed by atoms with Crippen LogP contribution in [0, 0.1) is 0 Å². The van der Waals surface area contributed by atoms with Crippen LogP contribution in [-0.2, 0) is 14.3 Å².